The van der Waals surface area contributed by atoms with E-state index in [0.29, 0.717) is 17.7 Å². The second kappa shape index (κ2) is 4.47. The molecule has 1 aromatic rings. The number of aromatic nitrogens is 1. The van der Waals surface area contributed by atoms with Gasteiger partial charge >= 0.3 is 5.97 Å². The van der Waals surface area contributed by atoms with E-state index in [0.717, 1.165) is 11.8 Å². The lowest BCUT2D eigenvalue weighted by atomic mass is 9.55. The van der Waals surface area contributed by atoms with Gasteiger partial charge < -0.3 is 9.84 Å². The van der Waals surface area contributed by atoms with Crippen molar-refractivity contribution in [2.45, 2.75) is 38.2 Å². The normalized spacial score (nSPS) is 37.9. The number of aromatic carboxylic acids is 1. The van der Waals surface area contributed by atoms with Gasteiger partial charge in [0.25, 0.3) is 0 Å². The molecule has 4 nitrogen and oxygen atoms in total. The van der Waals surface area contributed by atoms with Crippen LogP contribution < -0.4 is 4.74 Å². The van der Waals surface area contributed by atoms with Crippen LogP contribution in [0.5, 0.6) is 5.88 Å². The minimum Gasteiger partial charge on any atom is -0.477 e. The molecule has 0 radical (unpaired) electrons. The summed E-state index contributed by atoms with van der Waals surface area (Å²) in [5, 5.41) is 9.00. The molecule has 4 aliphatic carbocycles. The fourth-order valence-electron chi connectivity index (χ4n) is 4.81. The van der Waals surface area contributed by atoms with Crippen LogP contribution in [-0.2, 0) is 0 Å². The Bertz CT molecular complexity index is 514. The lowest BCUT2D eigenvalue weighted by Crippen LogP contribution is -2.50. The molecule has 0 amide bonds. The van der Waals surface area contributed by atoms with Gasteiger partial charge in [-0.1, -0.05) is 6.07 Å². The number of hydrogen-bond acceptors (Lipinski definition) is 3. The van der Waals surface area contributed by atoms with Gasteiger partial charge in [-0.2, -0.15) is 0 Å². The first-order valence-corrected chi connectivity index (χ1v) is 7.56. The summed E-state index contributed by atoms with van der Waals surface area (Å²) in [7, 11) is 0. The van der Waals surface area contributed by atoms with Crippen molar-refractivity contribution in [1.29, 1.82) is 0 Å². The summed E-state index contributed by atoms with van der Waals surface area (Å²) in [5.74, 6) is 2.61. The third-order valence-electron chi connectivity index (χ3n) is 5.34. The quantitative estimate of drug-likeness (QED) is 0.919. The predicted octanol–water partition coefficient (Wildman–Crippen LogP) is 2.98. The number of pyridine rings is 1. The Morgan fingerprint density at radius 1 is 1.10 bits per heavy atom. The smallest absolute Gasteiger partial charge is 0.354 e. The van der Waals surface area contributed by atoms with Gasteiger partial charge in [-0.15, -0.1) is 0 Å². The van der Waals surface area contributed by atoms with E-state index in [1.54, 1.807) is 12.1 Å². The van der Waals surface area contributed by atoms with Crippen molar-refractivity contribution in [3.8, 4) is 5.88 Å². The Morgan fingerprint density at radius 2 is 1.75 bits per heavy atom. The van der Waals surface area contributed by atoms with Crippen molar-refractivity contribution in [3.63, 3.8) is 0 Å². The Labute approximate surface area is 118 Å². The Kier molecular flexibility index (Phi) is 2.72. The molecule has 20 heavy (non-hydrogen) atoms. The van der Waals surface area contributed by atoms with Crippen molar-refractivity contribution >= 4 is 5.97 Å². The summed E-state index contributed by atoms with van der Waals surface area (Å²) < 4.78 is 6.11. The molecule has 0 saturated heterocycles. The van der Waals surface area contributed by atoms with E-state index in [1.165, 1.54) is 38.2 Å². The zero-order valence-corrected chi connectivity index (χ0v) is 11.4. The summed E-state index contributed by atoms with van der Waals surface area (Å²) in [6.07, 6.45) is 6.82. The lowest BCUT2D eigenvalue weighted by Gasteiger charge is -2.53. The average Bonchev–Trinajstić information content (AvgIpc) is 2.42. The van der Waals surface area contributed by atoms with Gasteiger partial charge in [-0.05, 0) is 61.8 Å². The third-order valence-corrected chi connectivity index (χ3v) is 5.34. The third kappa shape index (κ3) is 1.98. The SMILES string of the molecule is O=C(O)c1cccc(OC2C3CC4CC(C3)CC2C4)n1. The number of hydrogen-bond donors (Lipinski definition) is 1. The van der Waals surface area contributed by atoms with E-state index in [2.05, 4.69) is 4.98 Å². The van der Waals surface area contributed by atoms with Crippen LogP contribution in [0.15, 0.2) is 18.2 Å². The standard InChI is InChI=1S/C16H19NO3/c18-16(19)13-2-1-3-14(17-13)20-15-11-5-9-4-10(7-11)8-12(15)6-9/h1-3,9-12,15H,4-8H2,(H,18,19). The summed E-state index contributed by atoms with van der Waals surface area (Å²) in [6.45, 7) is 0. The van der Waals surface area contributed by atoms with Crippen molar-refractivity contribution in [2.75, 3.05) is 0 Å². The van der Waals surface area contributed by atoms with Crippen LogP contribution in [0.25, 0.3) is 0 Å². The highest BCUT2D eigenvalue weighted by molar-refractivity contribution is 5.85. The minimum absolute atomic E-state index is 0.0614. The molecular formula is C16H19NO3. The summed E-state index contributed by atoms with van der Waals surface area (Å²) in [5.41, 5.74) is 0.0614. The van der Waals surface area contributed by atoms with Gasteiger partial charge in [0.1, 0.15) is 6.10 Å². The zero-order valence-electron chi connectivity index (χ0n) is 11.4. The molecule has 1 heterocycles. The second-order valence-electron chi connectivity index (χ2n) is 6.68. The van der Waals surface area contributed by atoms with Crippen LogP contribution in [0.1, 0.15) is 42.6 Å². The number of nitrogens with zero attached hydrogens (tertiary/aromatic N) is 1. The van der Waals surface area contributed by atoms with E-state index in [1.807, 2.05) is 0 Å². The number of carboxylic acid groups (broad SMARTS) is 1. The van der Waals surface area contributed by atoms with E-state index in [9.17, 15) is 4.79 Å². The number of carboxylic acids is 1. The molecule has 4 fully saturated rings. The van der Waals surface area contributed by atoms with E-state index in [-0.39, 0.29) is 11.8 Å². The fraction of sp³-hybridized carbons (Fsp3) is 0.625. The van der Waals surface area contributed by atoms with Crippen LogP contribution in [0.2, 0.25) is 0 Å². The first-order valence-electron chi connectivity index (χ1n) is 7.56. The van der Waals surface area contributed by atoms with Crippen LogP contribution in [0.4, 0.5) is 0 Å². The summed E-state index contributed by atoms with van der Waals surface area (Å²) >= 11 is 0. The minimum atomic E-state index is -1.000. The maximum atomic E-state index is 11.0. The molecule has 1 aromatic heterocycles. The van der Waals surface area contributed by atoms with Crippen LogP contribution >= 0.6 is 0 Å². The van der Waals surface area contributed by atoms with Crippen LogP contribution in [0.3, 0.4) is 0 Å². The van der Waals surface area contributed by atoms with E-state index >= 15 is 0 Å². The molecule has 0 aromatic carbocycles. The first-order chi connectivity index (χ1) is 9.69. The maximum Gasteiger partial charge on any atom is 0.354 e. The fourth-order valence-corrected chi connectivity index (χ4v) is 4.81. The summed E-state index contributed by atoms with van der Waals surface area (Å²) in [6, 6.07) is 4.99. The molecular weight excluding hydrogens is 254 g/mol. The van der Waals surface area contributed by atoms with Crippen molar-refractivity contribution in [1.82, 2.24) is 4.98 Å². The van der Waals surface area contributed by atoms with Gasteiger partial charge in [-0.25, -0.2) is 9.78 Å². The largest absolute Gasteiger partial charge is 0.477 e. The molecule has 4 aliphatic rings. The number of carbonyl (C=O) groups is 1. The van der Waals surface area contributed by atoms with Crippen LogP contribution in [0, 0.1) is 23.7 Å². The number of ether oxygens (including phenoxy) is 1. The highest BCUT2D eigenvalue weighted by Gasteiger charge is 2.49. The highest BCUT2D eigenvalue weighted by atomic mass is 16.5. The number of rotatable bonds is 3. The highest BCUT2D eigenvalue weighted by Crippen LogP contribution is 2.54. The molecule has 106 valence electrons. The predicted molar refractivity (Wildman–Crippen MR) is 72.7 cm³/mol. The Balaban J connectivity index is 1.54. The molecule has 0 spiro atoms. The average molecular weight is 273 g/mol. The van der Waals surface area contributed by atoms with Gasteiger partial charge in [0.15, 0.2) is 5.69 Å². The molecule has 4 heteroatoms. The zero-order chi connectivity index (χ0) is 13.7. The molecule has 0 unspecified atom stereocenters. The van der Waals surface area contributed by atoms with Crippen molar-refractivity contribution in [2.24, 2.45) is 23.7 Å². The van der Waals surface area contributed by atoms with E-state index < -0.39 is 5.97 Å². The maximum absolute atomic E-state index is 11.0. The molecule has 4 saturated carbocycles. The monoisotopic (exact) mass is 273 g/mol. The van der Waals surface area contributed by atoms with Gasteiger partial charge in [0, 0.05) is 6.07 Å². The molecule has 5 rings (SSSR count). The Hall–Kier alpha value is -1.58. The molecule has 4 bridgehead atoms. The topological polar surface area (TPSA) is 59.4 Å². The molecule has 0 atom stereocenters. The molecule has 1 N–H and O–H groups in total. The second-order valence-corrected chi connectivity index (χ2v) is 6.68. The lowest BCUT2D eigenvalue weighted by molar-refractivity contribution is -0.0805. The van der Waals surface area contributed by atoms with Gasteiger partial charge in [0.05, 0.1) is 0 Å². The molecule has 0 aliphatic heterocycles. The summed E-state index contributed by atoms with van der Waals surface area (Å²) in [4.78, 5) is 15.1. The van der Waals surface area contributed by atoms with Gasteiger partial charge in [-0.3, -0.25) is 0 Å². The van der Waals surface area contributed by atoms with E-state index in [4.69, 9.17) is 9.84 Å². The first kappa shape index (κ1) is 12.2. The van der Waals surface area contributed by atoms with Crippen molar-refractivity contribution in [3.05, 3.63) is 23.9 Å². The van der Waals surface area contributed by atoms with Crippen molar-refractivity contribution < 1.29 is 14.6 Å². The van der Waals surface area contributed by atoms with Gasteiger partial charge in [0.2, 0.25) is 5.88 Å². The van der Waals surface area contributed by atoms with Crippen LogP contribution in [-0.4, -0.2) is 22.2 Å². The Morgan fingerprint density at radius 3 is 2.35 bits per heavy atom.